The highest BCUT2D eigenvalue weighted by atomic mass is 19.4. The van der Waals surface area contributed by atoms with Crippen LogP contribution in [0, 0.1) is 6.92 Å². The lowest BCUT2D eigenvalue weighted by molar-refractivity contribution is -0.257. The molecule has 0 radical (unpaired) electrons. The Morgan fingerprint density at radius 1 is 1.24 bits per heavy atom. The number of amides is 1. The fourth-order valence-corrected chi connectivity index (χ4v) is 4.99. The van der Waals surface area contributed by atoms with Gasteiger partial charge >= 0.3 is 6.18 Å². The van der Waals surface area contributed by atoms with Crippen LogP contribution in [0.25, 0.3) is 22.2 Å². The van der Waals surface area contributed by atoms with Crippen LogP contribution in [0.15, 0.2) is 30.6 Å². The zero-order valence-electron chi connectivity index (χ0n) is 19.1. The molecule has 9 heteroatoms. The lowest BCUT2D eigenvalue weighted by Gasteiger charge is -2.37. The molecule has 34 heavy (non-hydrogen) atoms. The SMILES string of the molecule is Cc1c[nH]c2ncc(-c3cc4c(c([C@@H]5CCCN5)c3)CN(CC(C)(O)C(F)(F)F)C(=O)C4)cc12. The number of benzene rings is 1. The maximum absolute atomic E-state index is 13.3. The minimum atomic E-state index is -4.82. The van der Waals surface area contributed by atoms with Gasteiger partial charge in [0, 0.05) is 35.9 Å². The highest BCUT2D eigenvalue weighted by Crippen LogP contribution is 2.38. The maximum Gasteiger partial charge on any atom is 0.418 e. The minimum Gasteiger partial charge on any atom is -0.379 e. The second kappa shape index (κ2) is 8.09. The third kappa shape index (κ3) is 3.96. The summed E-state index contributed by atoms with van der Waals surface area (Å²) >= 11 is 0. The van der Waals surface area contributed by atoms with Gasteiger partial charge in [0.25, 0.3) is 0 Å². The molecule has 1 aromatic carbocycles. The smallest absolute Gasteiger partial charge is 0.379 e. The molecule has 2 atom stereocenters. The van der Waals surface area contributed by atoms with Crippen LogP contribution < -0.4 is 5.32 Å². The molecule has 1 unspecified atom stereocenters. The van der Waals surface area contributed by atoms with Crippen molar-refractivity contribution >= 4 is 16.9 Å². The van der Waals surface area contributed by atoms with E-state index in [2.05, 4.69) is 27.4 Å². The lowest BCUT2D eigenvalue weighted by atomic mass is 9.86. The summed E-state index contributed by atoms with van der Waals surface area (Å²) in [5.74, 6) is -0.422. The van der Waals surface area contributed by atoms with E-state index in [1.54, 1.807) is 6.20 Å². The molecule has 5 rings (SSSR count). The molecule has 2 aliphatic rings. The number of aryl methyl sites for hydroxylation is 1. The van der Waals surface area contributed by atoms with Crippen molar-refractivity contribution in [3.05, 3.63) is 52.8 Å². The van der Waals surface area contributed by atoms with Crippen molar-refractivity contribution in [2.45, 2.75) is 57.5 Å². The molecule has 1 fully saturated rings. The number of rotatable bonds is 4. The number of β-amino-alcohol motifs (C(OH)–C–C–N with tert-alkyl or cyclic N) is 1. The fraction of sp³-hybridized carbons (Fsp3) is 0.440. The summed E-state index contributed by atoms with van der Waals surface area (Å²) in [6.45, 7) is 2.84. The molecule has 6 nitrogen and oxygen atoms in total. The summed E-state index contributed by atoms with van der Waals surface area (Å²) < 4.78 is 39.9. The van der Waals surface area contributed by atoms with Crippen molar-refractivity contribution in [3.8, 4) is 11.1 Å². The Labute approximate surface area is 195 Å². The number of aliphatic hydroxyl groups is 1. The molecule has 2 aliphatic heterocycles. The Bertz CT molecular complexity index is 1260. The first-order chi connectivity index (χ1) is 16.0. The second-order valence-electron chi connectivity index (χ2n) is 9.64. The number of aromatic nitrogens is 2. The van der Waals surface area contributed by atoms with Gasteiger partial charge in [-0.3, -0.25) is 4.79 Å². The van der Waals surface area contributed by atoms with E-state index in [0.29, 0.717) is 6.92 Å². The van der Waals surface area contributed by atoms with Crippen molar-refractivity contribution in [3.63, 3.8) is 0 Å². The van der Waals surface area contributed by atoms with Crippen LogP contribution in [0.4, 0.5) is 13.2 Å². The van der Waals surface area contributed by atoms with Gasteiger partial charge in [-0.2, -0.15) is 13.2 Å². The zero-order valence-corrected chi connectivity index (χ0v) is 19.1. The van der Waals surface area contributed by atoms with Crippen molar-refractivity contribution in [1.82, 2.24) is 20.2 Å². The van der Waals surface area contributed by atoms with Crippen molar-refractivity contribution in [2.75, 3.05) is 13.1 Å². The molecule has 3 N–H and O–H groups in total. The number of carbonyl (C=O) groups excluding carboxylic acids is 1. The Hall–Kier alpha value is -2.91. The van der Waals surface area contributed by atoms with Crippen LogP contribution in [-0.4, -0.2) is 50.7 Å². The lowest BCUT2D eigenvalue weighted by Crippen LogP contribution is -2.53. The van der Waals surface area contributed by atoms with Gasteiger partial charge in [0.2, 0.25) is 5.91 Å². The molecule has 4 heterocycles. The van der Waals surface area contributed by atoms with Gasteiger partial charge in [0.15, 0.2) is 5.60 Å². The molecule has 0 bridgehead atoms. The number of alkyl halides is 3. The number of halogens is 3. The maximum atomic E-state index is 13.3. The molecule has 2 aromatic heterocycles. The van der Waals surface area contributed by atoms with E-state index < -0.39 is 24.2 Å². The first-order valence-corrected chi connectivity index (χ1v) is 11.4. The van der Waals surface area contributed by atoms with Crippen LogP contribution in [0.2, 0.25) is 0 Å². The molecular formula is C25H27F3N4O2. The van der Waals surface area contributed by atoms with Crippen LogP contribution >= 0.6 is 0 Å². The number of H-pyrrole nitrogens is 1. The zero-order chi connectivity index (χ0) is 24.3. The molecule has 180 valence electrons. The summed E-state index contributed by atoms with van der Waals surface area (Å²) in [5.41, 5.74) is 3.46. The van der Waals surface area contributed by atoms with E-state index in [-0.39, 0.29) is 19.0 Å². The number of carbonyl (C=O) groups is 1. The first-order valence-electron chi connectivity index (χ1n) is 11.4. The molecule has 3 aromatic rings. The highest BCUT2D eigenvalue weighted by Gasteiger charge is 2.51. The van der Waals surface area contributed by atoms with Crippen LogP contribution in [0.3, 0.4) is 0 Å². The molecular weight excluding hydrogens is 445 g/mol. The normalized spacial score (nSPS) is 20.6. The Kier molecular flexibility index (Phi) is 5.44. The van der Waals surface area contributed by atoms with Crippen LogP contribution in [-0.2, 0) is 17.8 Å². The summed E-state index contributed by atoms with van der Waals surface area (Å²) in [4.78, 5) is 21.6. The molecule has 1 amide bonds. The summed E-state index contributed by atoms with van der Waals surface area (Å²) in [6, 6.07) is 6.16. The minimum absolute atomic E-state index is 0.00428. The van der Waals surface area contributed by atoms with E-state index in [4.69, 9.17) is 0 Å². The fourth-order valence-electron chi connectivity index (χ4n) is 4.99. The molecule has 1 saturated heterocycles. The van der Waals surface area contributed by atoms with E-state index in [1.807, 2.05) is 19.2 Å². The van der Waals surface area contributed by atoms with E-state index in [1.165, 1.54) is 0 Å². The van der Waals surface area contributed by atoms with Crippen molar-refractivity contribution in [2.24, 2.45) is 0 Å². The van der Waals surface area contributed by atoms with Crippen LogP contribution in [0.5, 0.6) is 0 Å². The van der Waals surface area contributed by atoms with Gasteiger partial charge in [-0.05, 0) is 73.2 Å². The van der Waals surface area contributed by atoms with Crippen LogP contribution in [0.1, 0.15) is 48.1 Å². The van der Waals surface area contributed by atoms with Gasteiger partial charge in [-0.25, -0.2) is 4.98 Å². The number of nitrogens with zero attached hydrogens (tertiary/aromatic N) is 2. The van der Waals surface area contributed by atoms with Gasteiger partial charge in [0.1, 0.15) is 5.65 Å². The van der Waals surface area contributed by atoms with Gasteiger partial charge in [-0.1, -0.05) is 6.07 Å². The average Bonchev–Trinajstić information content (AvgIpc) is 3.43. The topological polar surface area (TPSA) is 81.2 Å². The number of nitrogens with one attached hydrogen (secondary N) is 2. The van der Waals surface area contributed by atoms with Gasteiger partial charge in [0.05, 0.1) is 13.0 Å². The Morgan fingerprint density at radius 2 is 2.03 bits per heavy atom. The third-order valence-electron chi connectivity index (χ3n) is 7.04. The largest absolute Gasteiger partial charge is 0.418 e. The quantitative estimate of drug-likeness (QED) is 0.533. The predicted molar refractivity (Wildman–Crippen MR) is 122 cm³/mol. The summed E-state index contributed by atoms with van der Waals surface area (Å²) in [7, 11) is 0. The number of pyridine rings is 1. The Morgan fingerprint density at radius 3 is 2.74 bits per heavy atom. The number of aromatic amines is 1. The number of hydrogen-bond acceptors (Lipinski definition) is 4. The van der Waals surface area contributed by atoms with E-state index in [0.717, 1.165) is 68.7 Å². The van der Waals surface area contributed by atoms with Crippen molar-refractivity contribution in [1.29, 1.82) is 0 Å². The molecule has 0 saturated carbocycles. The van der Waals surface area contributed by atoms with E-state index >= 15 is 0 Å². The summed E-state index contributed by atoms with van der Waals surface area (Å²) in [6.07, 6.45) is 0.795. The van der Waals surface area contributed by atoms with Crippen molar-refractivity contribution < 1.29 is 23.1 Å². The average molecular weight is 473 g/mol. The van der Waals surface area contributed by atoms with Gasteiger partial charge in [-0.15, -0.1) is 0 Å². The monoisotopic (exact) mass is 472 g/mol. The molecule has 0 spiro atoms. The predicted octanol–water partition coefficient (Wildman–Crippen LogP) is 4.16. The first kappa shape index (κ1) is 22.9. The highest BCUT2D eigenvalue weighted by molar-refractivity contribution is 5.86. The molecule has 0 aliphatic carbocycles. The van der Waals surface area contributed by atoms with E-state index in [9.17, 15) is 23.1 Å². The Balaban J connectivity index is 1.56. The second-order valence-corrected chi connectivity index (χ2v) is 9.64. The summed E-state index contributed by atoms with van der Waals surface area (Å²) in [5, 5.41) is 14.5. The standard InChI is InChI=1S/C25H27F3N4O2/c1-14-10-30-23-18(14)8-17(11-31-23)15-6-16-9-22(33)32(13-24(2,34)25(26,27)28)12-20(16)19(7-15)21-4-3-5-29-21/h6-8,10-11,21,29,34H,3-5,9,12-13H2,1-2H3,(H,30,31)/t21-,24?/m0/s1. The number of fused-ring (bicyclic) bond motifs is 2. The van der Waals surface area contributed by atoms with Gasteiger partial charge < -0.3 is 20.3 Å². The third-order valence-corrected chi connectivity index (χ3v) is 7.04. The number of hydrogen-bond donors (Lipinski definition) is 3.